The van der Waals surface area contributed by atoms with Crippen molar-refractivity contribution in [3.63, 3.8) is 0 Å². The predicted octanol–water partition coefficient (Wildman–Crippen LogP) is 3.25. The summed E-state index contributed by atoms with van der Waals surface area (Å²) in [5.74, 6) is 1.76. The summed E-state index contributed by atoms with van der Waals surface area (Å²) < 4.78 is 1.87. The molecule has 1 unspecified atom stereocenters. The Morgan fingerprint density at radius 2 is 1.95 bits per heavy atom. The first-order chi connectivity index (χ1) is 9.34. The third-order valence-electron chi connectivity index (χ3n) is 4.56. The average molecular weight is 274 g/mol. The van der Waals surface area contributed by atoms with Crippen LogP contribution >= 0.6 is 0 Å². The molecule has 0 aliphatic carbocycles. The molecule has 0 N–H and O–H groups in total. The van der Waals surface area contributed by atoms with Crippen LogP contribution in [0.15, 0.2) is 0 Å². The monoisotopic (exact) mass is 274 g/mol. The fourth-order valence-corrected chi connectivity index (χ4v) is 3.31. The summed E-state index contributed by atoms with van der Waals surface area (Å²) in [6, 6.07) is 2.32. The first kappa shape index (κ1) is 14.9. The molecule has 0 saturated carbocycles. The summed E-state index contributed by atoms with van der Waals surface area (Å²) in [5, 5.41) is 13.8. The maximum absolute atomic E-state index is 9.36. The first-order valence-electron chi connectivity index (χ1n) is 7.53. The van der Waals surface area contributed by atoms with Gasteiger partial charge in [-0.3, -0.25) is 4.68 Å². The van der Waals surface area contributed by atoms with E-state index in [9.17, 15) is 5.26 Å². The van der Waals surface area contributed by atoms with Crippen LogP contribution in [0.2, 0.25) is 0 Å². The van der Waals surface area contributed by atoms with Crippen LogP contribution in [0.1, 0.15) is 51.3 Å². The standard InChI is InChI=1S/C16H26N4/c1-12-14(11-17)15(19(5)18-12)20-9-6-7-13(8-10-20)16(2,3)4/h13H,6-10H2,1-5H3. The molecular weight excluding hydrogens is 248 g/mol. The van der Waals surface area contributed by atoms with E-state index in [1.807, 2.05) is 18.7 Å². The minimum Gasteiger partial charge on any atom is -0.356 e. The minimum absolute atomic E-state index is 0.371. The van der Waals surface area contributed by atoms with E-state index in [0.717, 1.165) is 36.1 Å². The van der Waals surface area contributed by atoms with Gasteiger partial charge in [0.25, 0.3) is 0 Å². The molecule has 1 fully saturated rings. The Hall–Kier alpha value is -1.50. The Bertz CT molecular complexity index is 516. The van der Waals surface area contributed by atoms with Crippen LogP contribution < -0.4 is 4.90 Å². The van der Waals surface area contributed by atoms with Gasteiger partial charge in [0.1, 0.15) is 17.5 Å². The summed E-state index contributed by atoms with van der Waals surface area (Å²) >= 11 is 0. The van der Waals surface area contributed by atoms with Gasteiger partial charge in [0.2, 0.25) is 0 Å². The zero-order chi connectivity index (χ0) is 14.9. The zero-order valence-corrected chi connectivity index (χ0v) is 13.4. The van der Waals surface area contributed by atoms with Gasteiger partial charge in [-0.1, -0.05) is 20.8 Å². The molecule has 20 heavy (non-hydrogen) atoms. The molecule has 1 aromatic rings. The Kier molecular flexibility index (Phi) is 4.08. The number of anilines is 1. The van der Waals surface area contributed by atoms with E-state index in [-0.39, 0.29) is 0 Å². The van der Waals surface area contributed by atoms with E-state index >= 15 is 0 Å². The highest BCUT2D eigenvalue weighted by atomic mass is 15.4. The van der Waals surface area contributed by atoms with Crippen LogP contribution in [0.4, 0.5) is 5.82 Å². The fourth-order valence-electron chi connectivity index (χ4n) is 3.31. The number of hydrogen-bond acceptors (Lipinski definition) is 3. The van der Waals surface area contributed by atoms with Gasteiger partial charge in [-0.05, 0) is 37.5 Å². The maximum atomic E-state index is 9.36. The van der Waals surface area contributed by atoms with Gasteiger partial charge >= 0.3 is 0 Å². The third kappa shape index (κ3) is 2.82. The van der Waals surface area contributed by atoms with Crippen molar-refractivity contribution >= 4 is 5.82 Å². The van der Waals surface area contributed by atoms with Crippen LogP contribution in [0, 0.1) is 29.6 Å². The molecule has 2 heterocycles. The predicted molar refractivity (Wildman–Crippen MR) is 81.7 cm³/mol. The summed E-state index contributed by atoms with van der Waals surface area (Å²) in [5.41, 5.74) is 1.94. The number of aromatic nitrogens is 2. The molecule has 1 aromatic heterocycles. The third-order valence-corrected chi connectivity index (χ3v) is 4.56. The maximum Gasteiger partial charge on any atom is 0.144 e. The molecule has 2 rings (SSSR count). The van der Waals surface area contributed by atoms with Crippen molar-refractivity contribution in [3.8, 4) is 6.07 Å². The van der Waals surface area contributed by atoms with Gasteiger partial charge in [-0.2, -0.15) is 10.4 Å². The quantitative estimate of drug-likeness (QED) is 0.789. The van der Waals surface area contributed by atoms with Crippen LogP contribution in [0.25, 0.3) is 0 Å². The molecule has 0 aromatic carbocycles. The normalized spacial score (nSPS) is 20.6. The van der Waals surface area contributed by atoms with E-state index in [0.29, 0.717) is 5.41 Å². The topological polar surface area (TPSA) is 44.9 Å². The summed E-state index contributed by atoms with van der Waals surface area (Å²) in [6.07, 6.45) is 3.66. The van der Waals surface area contributed by atoms with Crippen LogP contribution in [0.5, 0.6) is 0 Å². The highest BCUT2D eigenvalue weighted by molar-refractivity contribution is 5.57. The van der Waals surface area contributed by atoms with Crippen LogP contribution in [-0.2, 0) is 7.05 Å². The SMILES string of the molecule is Cc1nn(C)c(N2CCCC(C(C)(C)C)CC2)c1C#N. The Morgan fingerprint density at radius 1 is 1.25 bits per heavy atom. The van der Waals surface area contributed by atoms with E-state index in [2.05, 4.69) is 36.8 Å². The Morgan fingerprint density at radius 3 is 2.55 bits per heavy atom. The second kappa shape index (κ2) is 5.47. The molecule has 1 aliphatic rings. The van der Waals surface area contributed by atoms with Gasteiger partial charge < -0.3 is 4.90 Å². The average Bonchev–Trinajstić information content (AvgIpc) is 2.55. The van der Waals surface area contributed by atoms with Gasteiger partial charge in [0.15, 0.2) is 0 Å². The molecule has 1 aliphatic heterocycles. The summed E-state index contributed by atoms with van der Waals surface area (Å²) in [6.45, 7) is 11.0. The van der Waals surface area contributed by atoms with Crippen LogP contribution in [-0.4, -0.2) is 22.9 Å². The molecule has 4 heteroatoms. The Balaban J connectivity index is 2.22. The lowest BCUT2D eigenvalue weighted by atomic mass is 9.77. The first-order valence-corrected chi connectivity index (χ1v) is 7.53. The second-order valence-electron chi connectivity index (χ2n) is 7.00. The number of rotatable bonds is 1. The van der Waals surface area contributed by atoms with E-state index in [4.69, 9.17) is 0 Å². The molecule has 4 nitrogen and oxygen atoms in total. The van der Waals surface area contributed by atoms with Crippen molar-refractivity contribution in [1.29, 1.82) is 5.26 Å². The van der Waals surface area contributed by atoms with Crippen molar-refractivity contribution in [1.82, 2.24) is 9.78 Å². The van der Waals surface area contributed by atoms with Crippen molar-refractivity contribution in [2.45, 2.75) is 47.0 Å². The number of aryl methyl sites for hydroxylation is 2. The zero-order valence-electron chi connectivity index (χ0n) is 13.4. The molecule has 0 radical (unpaired) electrons. The molecule has 110 valence electrons. The van der Waals surface area contributed by atoms with Gasteiger partial charge in [-0.25, -0.2) is 0 Å². The number of nitrogens with zero attached hydrogens (tertiary/aromatic N) is 4. The summed E-state index contributed by atoms with van der Waals surface area (Å²) in [4.78, 5) is 2.35. The lowest BCUT2D eigenvalue weighted by Gasteiger charge is -2.30. The lowest BCUT2D eigenvalue weighted by Crippen LogP contribution is -2.28. The number of nitriles is 1. The largest absolute Gasteiger partial charge is 0.356 e. The highest BCUT2D eigenvalue weighted by Crippen LogP contribution is 2.35. The van der Waals surface area contributed by atoms with Crippen molar-refractivity contribution in [2.24, 2.45) is 18.4 Å². The van der Waals surface area contributed by atoms with Crippen molar-refractivity contribution in [3.05, 3.63) is 11.3 Å². The lowest BCUT2D eigenvalue weighted by molar-refractivity contribution is 0.220. The second-order valence-corrected chi connectivity index (χ2v) is 7.00. The van der Waals surface area contributed by atoms with Crippen molar-refractivity contribution < 1.29 is 0 Å². The minimum atomic E-state index is 0.371. The van der Waals surface area contributed by atoms with Crippen molar-refractivity contribution in [2.75, 3.05) is 18.0 Å². The van der Waals surface area contributed by atoms with E-state index < -0.39 is 0 Å². The Labute approximate surface area is 122 Å². The summed E-state index contributed by atoms with van der Waals surface area (Å²) in [7, 11) is 1.94. The highest BCUT2D eigenvalue weighted by Gasteiger charge is 2.29. The molecule has 0 spiro atoms. The smallest absolute Gasteiger partial charge is 0.144 e. The fraction of sp³-hybridized carbons (Fsp3) is 0.750. The molecule has 1 saturated heterocycles. The van der Waals surface area contributed by atoms with Gasteiger partial charge in [-0.15, -0.1) is 0 Å². The molecular formula is C16H26N4. The number of hydrogen-bond donors (Lipinski definition) is 0. The van der Waals surface area contributed by atoms with Crippen LogP contribution in [0.3, 0.4) is 0 Å². The van der Waals surface area contributed by atoms with Gasteiger partial charge in [0, 0.05) is 20.1 Å². The van der Waals surface area contributed by atoms with E-state index in [1.165, 1.54) is 19.3 Å². The molecule has 1 atom stereocenters. The van der Waals surface area contributed by atoms with E-state index in [1.54, 1.807) is 0 Å². The molecule has 0 bridgehead atoms. The molecule has 0 amide bonds. The van der Waals surface area contributed by atoms with Gasteiger partial charge in [0.05, 0.1) is 5.69 Å².